The van der Waals surface area contributed by atoms with E-state index in [4.69, 9.17) is 33.0 Å². The summed E-state index contributed by atoms with van der Waals surface area (Å²) in [5.41, 5.74) is 22.7. The van der Waals surface area contributed by atoms with E-state index in [0.29, 0.717) is 17.8 Å². The number of rotatable bonds is 6. The molecule has 326 valence electrons. The second kappa shape index (κ2) is 23.1. The molecule has 4 aromatic rings. The van der Waals surface area contributed by atoms with Crippen molar-refractivity contribution in [3.63, 3.8) is 0 Å². The van der Waals surface area contributed by atoms with Crippen molar-refractivity contribution in [3.05, 3.63) is 121 Å². The van der Waals surface area contributed by atoms with Crippen LogP contribution in [0.4, 0.5) is 44.2 Å². The smallest absolute Gasteiger partial charge is 0.287 e. The molecule has 7 rings (SSSR count). The zero-order valence-electron chi connectivity index (χ0n) is 35.3. The molecule has 6 N–H and O–H groups in total. The molecular weight excluding hydrogens is 796 g/mol. The van der Waals surface area contributed by atoms with Crippen LogP contribution in [0.1, 0.15) is 22.3 Å². The summed E-state index contributed by atoms with van der Waals surface area (Å²) in [4.78, 5) is 33.4. The average molecular weight is 849 g/mol. The highest BCUT2D eigenvalue weighted by molar-refractivity contribution is 5.63. The van der Waals surface area contributed by atoms with Gasteiger partial charge in [-0.15, -0.1) is 0 Å². The summed E-state index contributed by atoms with van der Waals surface area (Å²) in [7, 11) is 6.35. The molecule has 0 aliphatic carbocycles. The van der Waals surface area contributed by atoms with Crippen molar-refractivity contribution in [2.75, 3.05) is 126 Å². The zero-order valence-corrected chi connectivity index (χ0v) is 35.3. The predicted octanol–water partition coefficient (Wildman–Crippen LogP) is 4.20. The topological polar surface area (TPSA) is 255 Å². The molecule has 3 saturated heterocycles. The van der Waals surface area contributed by atoms with E-state index in [0.717, 1.165) is 119 Å². The molecule has 3 aliphatic heterocycles. The highest BCUT2D eigenvalue weighted by atomic mass is 19.1. The summed E-state index contributed by atoms with van der Waals surface area (Å²) in [5.74, 6) is -0.655. The molecule has 0 unspecified atom stereocenters. The lowest BCUT2D eigenvalue weighted by molar-refractivity contribution is -0.385. The fraction of sp³-hybridized carbons (Fsp3) is 0.372. The maximum absolute atomic E-state index is 12.4. The van der Waals surface area contributed by atoms with Crippen LogP contribution in [0.3, 0.4) is 0 Å². The quantitative estimate of drug-likeness (QED) is 0.140. The van der Waals surface area contributed by atoms with Gasteiger partial charge in [0.25, 0.3) is 11.4 Å². The lowest BCUT2D eigenvalue weighted by Gasteiger charge is -2.34. The van der Waals surface area contributed by atoms with Crippen LogP contribution in [0.2, 0.25) is 0 Å². The van der Waals surface area contributed by atoms with Crippen LogP contribution < -0.4 is 31.9 Å². The Kier molecular flexibility index (Phi) is 17.7. The lowest BCUT2D eigenvalue weighted by Crippen LogP contribution is -2.44. The molecule has 4 aromatic carbocycles. The van der Waals surface area contributed by atoms with Gasteiger partial charge in [0.1, 0.15) is 35.2 Å². The van der Waals surface area contributed by atoms with Gasteiger partial charge >= 0.3 is 0 Å². The van der Waals surface area contributed by atoms with Crippen LogP contribution in [0.25, 0.3) is 0 Å². The number of hydrogen-bond acceptors (Lipinski definition) is 16. The minimum absolute atomic E-state index is 0.122. The highest BCUT2D eigenvalue weighted by Crippen LogP contribution is 2.26. The number of anilines is 5. The first kappa shape index (κ1) is 47.6. The number of likely N-dealkylation sites (N-methyl/N-ethyl adjacent to an activating group) is 3. The zero-order chi connectivity index (χ0) is 45.3. The van der Waals surface area contributed by atoms with E-state index in [2.05, 4.69) is 68.7 Å². The van der Waals surface area contributed by atoms with Crippen LogP contribution in [-0.2, 0) is 6.54 Å². The summed E-state index contributed by atoms with van der Waals surface area (Å²) in [6.07, 6.45) is 0. The van der Waals surface area contributed by atoms with Crippen molar-refractivity contribution in [1.29, 1.82) is 15.8 Å². The highest BCUT2D eigenvalue weighted by Gasteiger charge is 2.20. The first-order chi connectivity index (χ1) is 29.7. The van der Waals surface area contributed by atoms with E-state index in [9.17, 15) is 24.6 Å². The largest absolute Gasteiger partial charge is 0.398 e. The van der Waals surface area contributed by atoms with Gasteiger partial charge in [0.05, 0.1) is 15.4 Å². The Morgan fingerprint density at radius 2 is 0.903 bits per heavy atom. The number of nitriles is 3. The van der Waals surface area contributed by atoms with E-state index in [1.807, 2.05) is 30.3 Å². The van der Waals surface area contributed by atoms with E-state index < -0.39 is 15.7 Å². The number of nitro groups is 2. The van der Waals surface area contributed by atoms with Crippen LogP contribution >= 0.6 is 0 Å². The molecule has 0 spiro atoms. The maximum Gasteiger partial charge on any atom is 0.287 e. The normalized spacial score (nSPS) is 15.5. The number of nitrogens with two attached hydrogens (primary N) is 3. The molecule has 0 aromatic heterocycles. The first-order valence-electron chi connectivity index (χ1n) is 19.9. The van der Waals surface area contributed by atoms with Gasteiger partial charge in [0.2, 0.25) is 0 Å². The van der Waals surface area contributed by atoms with Crippen molar-refractivity contribution in [2.45, 2.75) is 6.54 Å². The van der Waals surface area contributed by atoms with E-state index >= 15 is 0 Å². The van der Waals surface area contributed by atoms with Gasteiger partial charge in [0.15, 0.2) is 0 Å². The van der Waals surface area contributed by atoms with E-state index in [1.165, 1.54) is 17.8 Å². The summed E-state index contributed by atoms with van der Waals surface area (Å²) < 4.78 is 12.4. The Labute approximate surface area is 361 Å². The summed E-state index contributed by atoms with van der Waals surface area (Å²) >= 11 is 0. The summed E-state index contributed by atoms with van der Waals surface area (Å²) in [6, 6.07) is 24.8. The van der Waals surface area contributed by atoms with Crippen LogP contribution in [0.15, 0.2) is 72.8 Å². The van der Waals surface area contributed by atoms with Gasteiger partial charge in [-0.3, -0.25) is 20.2 Å². The lowest BCUT2D eigenvalue weighted by atomic mass is 10.1. The third-order valence-electron chi connectivity index (χ3n) is 10.7. The Morgan fingerprint density at radius 1 is 0.548 bits per heavy atom. The number of hydrogen-bond donors (Lipinski definition) is 3. The Bertz CT molecular complexity index is 2290. The Balaban J connectivity index is 0.000000183. The fourth-order valence-electron chi connectivity index (χ4n) is 6.72. The van der Waals surface area contributed by atoms with Gasteiger partial charge in [0, 0.05) is 126 Å². The number of halogens is 1. The number of nitrogens with zero attached hydrogens (tertiary/aromatic N) is 11. The standard InChI is InChI=1S/C12H14N4O2.C12H20N4.C12H16N4.C7H3FN2O2/c1-14-4-6-15(7-5-14)11-2-3-12(16(17)18)10(8-11)9-13;2*1-15-4-6-16(7-5-15)11-2-3-12(14)10(8-11)9-13;8-6-1-2-7(10(11)12)5(3-6)4-9/h2-3,8H,4-7H2,1H3;2-3,8H,4-7,9,13-14H2,1H3;2-3,8H,4-7,14H2,1H3;1-3H. The van der Waals surface area contributed by atoms with Gasteiger partial charge in [-0.1, -0.05) is 0 Å². The van der Waals surface area contributed by atoms with E-state index in [-0.39, 0.29) is 22.5 Å². The monoisotopic (exact) mass is 848 g/mol. The molecule has 3 aliphatic rings. The second-order valence-corrected chi connectivity index (χ2v) is 14.9. The minimum atomic E-state index is -0.724. The number of nitrogen functional groups attached to an aromatic ring is 2. The number of benzene rings is 4. The molecule has 19 heteroatoms. The van der Waals surface area contributed by atoms with Gasteiger partial charge in [-0.2, -0.15) is 15.8 Å². The third-order valence-corrected chi connectivity index (χ3v) is 10.7. The van der Waals surface area contributed by atoms with Crippen molar-refractivity contribution in [3.8, 4) is 18.2 Å². The molecule has 62 heavy (non-hydrogen) atoms. The summed E-state index contributed by atoms with van der Waals surface area (Å²) in [5, 5.41) is 47.2. The van der Waals surface area contributed by atoms with Crippen molar-refractivity contribution in [1.82, 2.24) is 14.7 Å². The van der Waals surface area contributed by atoms with Crippen LogP contribution in [0.5, 0.6) is 0 Å². The van der Waals surface area contributed by atoms with Crippen LogP contribution in [0, 0.1) is 60.0 Å². The third kappa shape index (κ3) is 13.5. The van der Waals surface area contributed by atoms with Gasteiger partial charge in [-0.05, 0) is 87.4 Å². The maximum atomic E-state index is 12.4. The Morgan fingerprint density at radius 3 is 1.31 bits per heavy atom. The molecule has 3 heterocycles. The molecule has 0 atom stereocenters. The van der Waals surface area contributed by atoms with Gasteiger partial charge in [-0.25, -0.2) is 4.39 Å². The first-order valence-corrected chi connectivity index (χ1v) is 19.9. The second-order valence-electron chi connectivity index (χ2n) is 14.9. The van der Waals surface area contributed by atoms with Gasteiger partial charge < -0.3 is 46.6 Å². The molecule has 0 amide bonds. The molecule has 3 fully saturated rings. The van der Waals surface area contributed by atoms with Crippen molar-refractivity contribution >= 4 is 39.8 Å². The fourth-order valence-corrected chi connectivity index (χ4v) is 6.72. The number of nitro benzene ring substituents is 2. The predicted molar refractivity (Wildman–Crippen MR) is 239 cm³/mol. The van der Waals surface area contributed by atoms with Crippen molar-refractivity contribution in [2.24, 2.45) is 5.73 Å². The van der Waals surface area contributed by atoms with Crippen LogP contribution in [-0.4, -0.2) is 124 Å². The molecular formula is C43H53FN14O4. The molecule has 18 nitrogen and oxygen atoms in total. The average Bonchev–Trinajstić information content (AvgIpc) is 3.28. The molecule has 0 bridgehead atoms. The number of piperazine rings is 3. The Hall–Kier alpha value is -7.08. The summed E-state index contributed by atoms with van der Waals surface area (Å²) in [6.45, 7) is 12.7. The van der Waals surface area contributed by atoms with Crippen molar-refractivity contribution < 1.29 is 14.2 Å². The molecule has 0 saturated carbocycles. The SMILES string of the molecule is CN1CCN(c2ccc(N)c(C#N)c2)CC1.CN1CCN(c2ccc(N)c(CN)c2)CC1.CN1CCN(c2ccc([N+](=O)[O-])c(C#N)c2)CC1.N#Cc1cc(F)ccc1[N+](=O)[O-]. The molecule has 0 radical (unpaired) electrons. The van der Waals surface area contributed by atoms with E-state index in [1.54, 1.807) is 12.1 Å². The minimum Gasteiger partial charge on any atom is -0.398 e.